The monoisotopic (exact) mass is 264 g/mol. The lowest BCUT2D eigenvalue weighted by molar-refractivity contribution is 0.198. The molecule has 0 radical (unpaired) electrons. The van der Waals surface area contributed by atoms with Crippen molar-refractivity contribution in [2.45, 2.75) is 20.0 Å². The van der Waals surface area contributed by atoms with Gasteiger partial charge >= 0.3 is 0 Å². The highest BCUT2D eigenvalue weighted by molar-refractivity contribution is 5.37. The molecule has 0 unspecified atom stereocenters. The van der Waals surface area contributed by atoms with Gasteiger partial charge in [-0.3, -0.25) is 0 Å². The van der Waals surface area contributed by atoms with Crippen LogP contribution < -0.4 is 4.74 Å². The molecule has 1 N–H and O–H groups in total. The number of halogens is 2. The van der Waals surface area contributed by atoms with Crippen LogP contribution in [0.1, 0.15) is 24.2 Å². The zero-order valence-electron chi connectivity index (χ0n) is 10.7. The predicted octanol–water partition coefficient (Wildman–Crippen LogP) is 4.12. The summed E-state index contributed by atoms with van der Waals surface area (Å²) < 4.78 is 32.5. The van der Waals surface area contributed by atoms with Crippen LogP contribution in [0.3, 0.4) is 0 Å². The molecule has 0 fully saturated rings. The second kappa shape index (κ2) is 5.36. The maximum Gasteiger partial charge on any atom is 0.166 e. The first-order chi connectivity index (χ1) is 8.97. The van der Waals surface area contributed by atoms with Crippen molar-refractivity contribution in [3.63, 3.8) is 0 Å². The number of hydrogen-bond acceptors (Lipinski definition) is 2. The fraction of sp³-hybridized carbons (Fsp3) is 0.200. The standard InChI is InChI=1S/C15H14F2O2/c1-9-3-5-12(16)15(7-9)19-14-6-4-11(10(2)18)8-13(14)17/h3-8,10,18H,1-2H3/t10-/m0/s1. The average molecular weight is 264 g/mol. The number of rotatable bonds is 3. The van der Waals surface area contributed by atoms with E-state index >= 15 is 0 Å². The summed E-state index contributed by atoms with van der Waals surface area (Å²) in [5.74, 6) is -1.29. The molecule has 0 bridgehead atoms. The van der Waals surface area contributed by atoms with Gasteiger partial charge in [0.2, 0.25) is 0 Å². The number of benzene rings is 2. The molecule has 4 heteroatoms. The van der Waals surface area contributed by atoms with Crippen LogP contribution in [0, 0.1) is 18.6 Å². The number of ether oxygens (including phenoxy) is 1. The van der Waals surface area contributed by atoms with Crippen LogP contribution in [0.4, 0.5) is 8.78 Å². The number of hydrogen-bond donors (Lipinski definition) is 1. The summed E-state index contributed by atoms with van der Waals surface area (Å²) in [5, 5.41) is 9.34. The van der Waals surface area contributed by atoms with Gasteiger partial charge in [-0.15, -0.1) is 0 Å². The summed E-state index contributed by atoms with van der Waals surface area (Å²) in [7, 11) is 0. The molecule has 2 nitrogen and oxygen atoms in total. The lowest BCUT2D eigenvalue weighted by Gasteiger charge is -2.10. The van der Waals surface area contributed by atoms with Gasteiger partial charge in [-0.05, 0) is 49.2 Å². The third-order valence-electron chi connectivity index (χ3n) is 2.74. The molecule has 100 valence electrons. The van der Waals surface area contributed by atoms with Crippen LogP contribution in [0.15, 0.2) is 36.4 Å². The van der Waals surface area contributed by atoms with Gasteiger partial charge < -0.3 is 9.84 Å². The van der Waals surface area contributed by atoms with Crippen LogP contribution in [-0.2, 0) is 0 Å². The first kappa shape index (κ1) is 13.5. The molecule has 0 aliphatic heterocycles. The highest BCUT2D eigenvalue weighted by Crippen LogP contribution is 2.29. The summed E-state index contributed by atoms with van der Waals surface area (Å²) in [5.41, 5.74) is 1.26. The van der Waals surface area contributed by atoms with E-state index in [4.69, 9.17) is 4.74 Å². The molecular weight excluding hydrogens is 250 g/mol. The third-order valence-corrected chi connectivity index (χ3v) is 2.74. The van der Waals surface area contributed by atoms with Crippen LogP contribution >= 0.6 is 0 Å². The van der Waals surface area contributed by atoms with E-state index in [1.807, 2.05) is 0 Å². The smallest absolute Gasteiger partial charge is 0.166 e. The average Bonchev–Trinajstić information content (AvgIpc) is 2.36. The van der Waals surface area contributed by atoms with Crippen molar-refractivity contribution in [1.29, 1.82) is 0 Å². The lowest BCUT2D eigenvalue weighted by atomic mass is 10.1. The van der Waals surface area contributed by atoms with E-state index in [2.05, 4.69) is 0 Å². The zero-order valence-corrected chi connectivity index (χ0v) is 10.7. The Morgan fingerprint density at radius 3 is 2.37 bits per heavy atom. The van der Waals surface area contributed by atoms with Gasteiger partial charge in [0.25, 0.3) is 0 Å². The van der Waals surface area contributed by atoms with Gasteiger partial charge in [-0.2, -0.15) is 0 Å². The van der Waals surface area contributed by atoms with Gasteiger partial charge in [-0.1, -0.05) is 12.1 Å². The maximum absolute atomic E-state index is 13.8. The fourth-order valence-corrected chi connectivity index (χ4v) is 1.67. The Morgan fingerprint density at radius 1 is 1.00 bits per heavy atom. The summed E-state index contributed by atoms with van der Waals surface area (Å²) in [4.78, 5) is 0. The first-order valence-corrected chi connectivity index (χ1v) is 5.89. The van der Waals surface area contributed by atoms with E-state index in [1.165, 1.54) is 37.3 Å². The van der Waals surface area contributed by atoms with Crippen LogP contribution in [0.25, 0.3) is 0 Å². The molecule has 0 saturated heterocycles. The van der Waals surface area contributed by atoms with Gasteiger partial charge in [0.15, 0.2) is 23.1 Å². The zero-order chi connectivity index (χ0) is 14.0. The molecular formula is C15H14F2O2. The number of aliphatic hydroxyl groups excluding tert-OH is 1. The van der Waals surface area contributed by atoms with Crippen LogP contribution in [-0.4, -0.2) is 5.11 Å². The predicted molar refractivity (Wildman–Crippen MR) is 68.2 cm³/mol. The molecule has 0 amide bonds. The third kappa shape index (κ3) is 3.09. The van der Waals surface area contributed by atoms with Crippen molar-refractivity contribution in [3.8, 4) is 11.5 Å². The van der Waals surface area contributed by atoms with E-state index in [-0.39, 0.29) is 11.5 Å². The molecule has 2 aromatic carbocycles. The molecule has 2 rings (SSSR count). The SMILES string of the molecule is Cc1ccc(F)c(Oc2ccc([C@H](C)O)cc2F)c1. The largest absolute Gasteiger partial charge is 0.451 e. The van der Waals surface area contributed by atoms with Gasteiger partial charge in [0.05, 0.1) is 6.10 Å². The molecule has 0 aromatic heterocycles. The van der Waals surface area contributed by atoms with Crippen LogP contribution in [0.5, 0.6) is 11.5 Å². The molecule has 0 spiro atoms. The number of aliphatic hydroxyl groups is 1. The molecule has 0 saturated carbocycles. The molecule has 0 aliphatic carbocycles. The Morgan fingerprint density at radius 2 is 1.74 bits per heavy atom. The van der Waals surface area contributed by atoms with Crippen molar-refractivity contribution in [2.24, 2.45) is 0 Å². The summed E-state index contributed by atoms with van der Waals surface area (Å²) in [6, 6.07) is 8.46. The quantitative estimate of drug-likeness (QED) is 0.903. The van der Waals surface area contributed by atoms with E-state index < -0.39 is 17.7 Å². The summed E-state index contributed by atoms with van der Waals surface area (Å²) in [6.45, 7) is 3.33. The topological polar surface area (TPSA) is 29.5 Å². The minimum Gasteiger partial charge on any atom is -0.451 e. The molecule has 0 heterocycles. The molecule has 2 aromatic rings. The Labute approximate surface area is 110 Å². The molecule has 19 heavy (non-hydrogen) atoms. The van der Waals surface area contributed by atoms with E-state index in [1.54, 1.807) is 13.0 Å². The Bertz CT molecular complexity index is 595. The van der Waals surface area contributed by atoms with Crippen LogP contribution in [0.2, 0.25) is 0 Å². The maximum atomic E-state index is 13.8. The highest BCUT2D eigenvalue weighted by Gasteiger charge is 2.11. The van der Waals surface area contributed by atoms with E-state index in [0.717, 1.165) is 5.56 Å². The Balaban J connectivity index is 2.31. The van der Waals surface area contributed by atoms with Crippen molar-refractivity contribution in [2.75, 3.05) is 0 Å². The van der Waals surface area contributed by atoms with Crippen molar-refractivity contribution in [3.05, 3.63) is 59.2 Å². The van der Waals surface area contributed by atoms with Gasteiger partial charge in [0.1, 0.15) is 0 Å². The second-order valence-corrected chi connectivity index (χ2v) is 4.40. The van der Waals surface area contributed by atoms with Gasteiger partial charge in [-0.25, -0.2) is 8.78 Å². The minimum atomic E-state index is -0.765. The van der Waals surface area contributed by atoms with E-state index in [9.17, 15) is 13.9 Å². The molecule has 1 atom stereocenters. The summed E-state index contributed by atoms with van der Waals surface area (Å²) in [6.07, 6.45) is -0.765. The van der Waals surface area contributed by atoms with Crippen molar-refractivity contribution < 1.29 is 18.6 Å². The fourth-order valence-electron chi connectivity index (χ4n) is 1.67. The van der Waals surface area contributed by atoms with Gasteiger partial charge in [0, 0.05) is 0 Å². The first-order valence-electron chi connectivity index (χ1n) is 5.89. The minimum absolute atomic E-state index is 0.0244. The number of aryl methyl sites for hydroxylation is 1. The summed E-state index contributed by atoms with van der Waals surface area (Å²) >= 11 is 0. The second-order valence-electron chi connectivity index (χ2n) is 4.40. The lowest BCUT2D eigenvalue weighted by Crippen LogP contribution is -1.96. The highest BCUT2D eigenvalue weighted by atomic mass is 19.1. The Hall–Kier alpha value is -1.94. The van der Waals surface area contributed by atoms with Crippen molar-refractivity contribution >= 4 is 0 Å². The normalized spacial score (nSPS) is 12.3. The Kier molecular flexibility index (Phi) is 3.81. The molecule has 0 aliphatic rings. The van der Waals surface area contributed by atoms with E-state index in [0.29, 0.717) is 5.56 Å². The van der Waals surface area contributed by atoms with Crippen molar-refractivity contribution in [1.82, 2.24) is 0 Å².